The number of hydrogen-bond acceptors (Lipinski definition) is 3. The second kappa shape index (κ2) is 13.6. The molecular formula is C15H33IN4O. The van der Waals surface area contributed by atoms with E-state index in [0.717, 1.165) is 45.4 Å². The van der Waals surface area contributed by atoms with Crippen molar-refractivity contribution in [2.45, 2.75) is 46.1 Å². The van der Waals surface area contributed by atoms with Gasteiger partial charge in [0.05, 0.1) is 13.2 Å². The van der Waals surface area contributed by atoms with E-state index in [1.807, 2.05) is 6.92 Å². The predicted molar refractivity (Wildman–Crippen MR) is 101 cm³/mol. The highest BCUT2D eigenvalue weighted by Crippen LogP contribution is 2.15. The van der Waals surface area contributed by atoms with Gasteiger partial charge in [-0.2, -0.15) is 0 Å². The number of halogens is 1. The minimum Gasteiger partial charge on any atom is -0.380 e. The number of piperidine rings is 1. The Morgan fingerprint density at radius 1 is 1.29 bits per heavy atom. The lowest BCUT2D eigenvalue weighted by molar-refractivity contribution is 0.152. The van der Waals surface area contributed by atoms with Crippen molar-refractivity contribution in [2.75, 3.05) is 45.9 Å². The summed E-state index contributed by atoms with van der Waals surface area (Å²) >= 11 is 0. The quantitative estimate of drug-likeness (QED) is 0.277. The third-order valence-electron chi connectivity index (χ3n) is 3.68. The zero-order valence-corrected chi connectivity index (χ0v) is 16.2. The Kier molecular flexibility index (Phi) is 13.5. The largest absolute Gasteiger partial charge is 0.380 e. The van der Waals surface area contributed by atoms with E-state index in [0.29, 0.717) is 6.04 Å². The molecule has 1 heterocycles. The van der Waals surface area contributed by atoms with Crippen LogP contribution in [0.3, 0.4) is 0 Å². The molecule has 5 nitrogen and oxygen atoms in total. The SMILES string of the molecule is CCNC(=NCCN1CCCCC1C)NCCOCC.I. The Morgan fingerprint density at radius 2 is 2.10 bits per heavy atom. The summed E-state index contributed by atoms with van der Waals surface area (Å²) in [7, 11) is 0. The fourth-order valence-corrected chi connectivity index (χ4v) is 2.51. The molecule has 6 heteroatoms. The van der Waals surface area contributed by atoms with Crippen LogP contribution in [0.25, 0.3) is 0 Å². The molecule has 0 radical (unpaired) electrons. The van der Waals surface area contributed by atoms with Crippen molar-refractivity contribution in [3.63, 3.8) is 0 Å². The second-order valence-electron chi connectivity index (χ2n) is 5.27. The molecular weight excluding hydrogens is 379 g/mol. The maximum Gasteiger partial charge on any atom is 0.191 e. The molecule has 1 rings (SSSR count). The van der Waals surface area contributed by atoms with Crippen LogP contribution in [0, 0.1) is 0 Å². The van der Waals surface area contributed by atoms with E-state index < -0.39 is 0 Å². The van der Waals surface area contributed by atoms with Gasteiger partial charge >= 0.3 is 0 Å². The molecule has 0 aromatic carbocycles. The molecule has 1 unspecified atom stereocenters. The number of aliphatic imine (C=N–C) groups is 1. The highest BCUT2D eigenvalue weighted by atomic mass is 127. The Hall–Kier alpha value is -0.0800. The summed E-state index contributed by atoms with van der Waals surface area (Å²) in [5, 5.41) is 6.57. The smallest absolute Gasteiger partial charge is 0.191 e. The first-order valence-corrected chi connectivity index (χ1v) is 8.11. The third-order valence-corrected chi connectivity index (χ3v) is 3.68. The minimum atomic E-state index is 0. The average molecular weight is 412 g/mol. The first kappa shape index (κ1) is 20.9. The number of nitrogens with one attached hydrogen (secondary N) is 2. The molecule has 0 saturated carbocycles. The summed E-state index contributed by atoms with van der Waals surface area (Å²) in [6, 6.07) is 0.715. The van der Waals surface area contributed by atoms with E-state index in [9.17, 15) is 0 Å². The molecule has 2 N–H and O–H groups in total. The summed E-state index contributed by atoms with van der Waals surface area (Å²) in [5.41, 5.74) is 0. The Bertz CT molecular complexity index is 276. The molecule has 1 atom stereocenters. The van der Waals surface area contributed by atoms with E-state index in [-0.39, 0.29) is 24.0 Å². The standard InChI is InChI=1S/C15H32N4O.HI/c1-4-16-15(18-10-13-20-5-2)17-9-12-19-11-7-6-8-14(19)3;/h14H,4-13H2,1-3H3,(H2,16,17,18);1H. The van der Waals surface area contributed by atoms with Gasteiger partial charge in [-0.15, -0.1) is 24.0 Å². The van der Waals surface area contributed by atoms with Gasteiger partial charge in [-0.05, 0) is 40.2 Å². The molecule has 1 saturated heterocycles. The number of hydrogen-bond donors (Lipinski definition) is 2. The molecule has 1 fully saturated rings. The molecule has 126 valence electrons. The summed E-state index contributed by atoms with van der Waals surface area (Å²) in [6.45, 7) is 12.8. The van der Waals surface area contributed by atoms with Crippen LogP contribution in [0.15, 0.2) is 4.99 Å². The molecule has 0 aromatic rings. The third kappa shape index (κ3) is 9.52. The monoisotopic (exact) mass is 412 g/mol. The van der Waals surface area contributed by atoms with E-state index in [4.69, 9.17) is 4.74 Å². The van der Waals surface area contributed by atoms with Gasteiger partial charge in [0.1, 0.15) is 0 Å². The fraction of sp³-hybridized carbons (Fsp3) is 0.933. The lowest BCUT2D eigenvalue weighted by atomic mass is 10.0. The summed E-state index contributed by atoms with van der Waals surface area (Å²) in [6.07, 6.45) is 4.04. The molecule has 0 bridgehead atoms. The van der Waals surface area contributed by atoms with Gasteiger partial charge < -0.3 is 15.4 Å². The normalized spacial score (nSPS) is 20.0. The van der Waals surface area contributed by atoms with Gasteiger partial charge in [0.15, 0.2) is 5.96 Å². The van der Waals surface area contributed by atoms with Crippen molar-refractivity contribution in [1.82, 2.24) is 15.5 Å². The minimum absolute atomic E-state index is 0. The number of ether oxygens (including phenoxy) is 1. The molecule has 1 aliphatic heterocycles. The summed E-state index contributed by atoms with van der Waals surface area (Å²) < 4.78 is 5.32. The lowest BCUT2D eigenvalue weighted by Crippen LogP contribution is -2.41. The first-order chi connectivity index (χ1) is 9.77. The fourth-order valence-electron chi connectivity index (χ4n) is 2.51. The van der Waals surface area contributed by atoms with Gasteiger partial charge in [0, 0.05) is 32.3 Å². The highest BCUT2D eigenvalue weighted by molar-refractivity contribution is 14.0. The average Bonchev–Trinajstić information content (AvgIpc) is 2.45. The van der Waals surface area contributed by atoms with Crippen LogP contribution < -0.4 is 10.6 Å². The highest BCUT2D eigenvalue weighted by Gasteiger charge is 2.17. The lowest BCUT2D eigenvalue weighted by Gasteiger charge is -2.32. The van der Waals surface area contributed by atoms with Gasteiger partial charge in [0.2, 0.25) is 0 Å². The predicted octanol–water partition coefficient (Wildman–Crippen LogP) is 2.07. The van der Waals surface area contributed by atoms with Crippen LogP contribution in [-0.2, 0) is 4.74 Å². The molecule has 0 spiro atoms. The molecule has 0 amide bonds. The molecule has 0 aliphatic carbocycles. The van der Waals surface area contributed by atoms with Gasteiger partial charge in [-0.3, -0.25) is 9.89 Å². The zero-order valence-electron chi connectivity index (χ0n) is 13.9. The Labute approximate surface area is 147 Å². The van der Waals surface area contributed by atoms with Crippen molar-refractivity contribution in [3.8, 4) is 0 Å². The molecule has 1 aliphatic rings. The summed E-state index contributed by atoms with van der Waals surface area (Å²) in [4.78, 5) is 7.19. The Balaban J connectivity index is 0.00000400. The van der Waals surface area contributed by atoms with Crippen molar-refractivity contribution >= 4 is 29.9 Å². The van der Waals surface area contributed by atoms with E-state index >= 15 is 0 Å². The van der Waals surface area contributed by atoms with Crippen molar-refractivity contribution in [2.24, 2.45) is 4.99 Å². The van der Waals surface area contributed by atoms with Crippen LogP contribution in [0.4, 0.5) is 0 Å². The number of guanidine groups is 1. The van der Waals surface area contributed by atoms with Gasteiger partial charge in [0.25, 0.3) is 0 Å². The zero-order chi connectivity index (χ0) is 14.6. The van der Waals surface area contributed by atoms with Crippen molar-refractivity contribution < 1.29 is 4.74 Å². The number of nitrogens with zero attached hydrogens (tertiary/aromatic N) is 2. The molecule has 0 aromatic heterocycles. The summed E-state index contributed by atoms with van der Waals surface area (Å²) in [5.74, 6) is 0.900. The van der Waals surface area contributed by atoms with Crippen LogP contribution >= 0.6 is 24.0 Å². The van der Waals surface area contributed by atoms with E-state index in [2.05, 4.69) is 34.4 Å². The van der Waals surface area contributed by atoms with Crippen LogP contribution in [0.5, 0.6) is 0 Å². The Morgan fingerprint density at radius 3 is 2.76 bits per heavy atom. The van der Waals surface area contributed by atoms with E-state index in [1.165, 1.54) is 25.8 Å². The van der Waals surface area contributed by atoms with Crippen molar-refractivity contribution in [1.29, 1.82) is 0 Å². The second-order valence-corrected chi connectivity index (χ2v) is 5.27. The van der Waals surface area contributed by atoms with Crippen molar-refractivity contribution in [3.05, 3.63) is 0 Å². The van der Waals surface area contributed by atoms with E-state index in [1.54, 1.807) is 0 Å². The maximum atomic E-state index is 5.32. The first-order valence-electron chi connectivity index (χ1n) is 8.11. The van der Waals surface area contributed by atoms with Gasteiger partial charge in [-0.1, -0.05) is 6.42 Å². The van der Waals surface area contributed by atoms with Gasteiger partial charge in [-0.25, -0.2) is 0 Å². The van der Waals surface area contributed by atoms with Crippen LogP contribution in [-0.4, -0.2) is 62.8 Å². The van der Waals surface area contributed by atoms with Crippen LogP contribution in [0.1, 0.15) is 40.0 Å². The maximum absolute atomic E-state index is 5.32. The molecule has 21 heavy (non-hydrogen) atoms. The number of rotatable bonds is 8. The topological polar surface area (TPSA) is 48.9 Å². The van der Waals surface area contributed by atoms with Crippen LogP contribution in [0.2, 0.25) is 0 Å². The number of likely N-dealkylation sites (tertiary alicyclic amines) is 1.